The summed E-state index contributed by atoms with van der Waals surface area (Å²) < 4.78 is 0. The average molecular weight is 272 g/mol. The number of hydrogen-bond donors (Lipinski definition) is 2. The molecule has 0 saturated heterocycles. The summed E-state index contributed by atoms with van der Waals surface area (Å²) in [7, 11) is 0. The molecule has 0 aromatic carbocycles. The van der Waals surface area contributed by atoms with E-state index in [4.69, 9.17) is 5.11 Å². The molecule has 0 heterocycles. The van der Waals surface area contributed by atoms with Crippen LogP contribution >= 0.6 is 0 Å². The number of aliphatic hydroxyl groups is 1. The number of nitrogens with one attached hydrogen (secondary N) is 1. The van der Waals surface area contributed by atoms with Crippen molar-refractivity contribution in [3.8, 4) is 0 Å². The minimum atomic E-state index is 0.294. The van der Waals surface area contributed by atoms with Gasteiger partial charge in [-0.1, -0.05) is 20.8 Å². The van der Waals surface area contributed by atoms with Gasteiger partial charge in [-0.15, -0.1) is 0 Å². The van der Waals surface area contributed by atoms with Crippen LogP contribution < -0.4 is 5.32 Å². The molecule has 0 rings (SSSR count). The average Bonchev–Trinajstić information content (AvgIpc) is 2.41. The molecule has 0 unspecified atom stereocenters. The van der Waals surface area contributed by atoms with Gasteiger partial charge in [-0.05, 0) is 51.5 Å². The van der Waals surface area contributed by atoms with Crippen molar-refractivity contribution in [1.82, 2.24) is 10.2 Å². The van der Waals surface area contributed by atoms with Gasteiger partial charge in [-0.2, -0.15) is 0 Å². The van der Waals surface area contributed by atoms with E-state index in [2.05, 4.69) is 44.8 Å². The third-order valence-electron chi connectivity index (χ3n) is 4.30. The number of nitrogens with zero attached hydrogens (tertiary/aromatic N) is 1. The molecule has 0 saturated carbocycles. The van der Waals surface area contributed by atoms with Crippen molar-refractivity contribution in [3.05, 3.63) is 0 Å². The lowest BCUT2D eigenvalue weighted by Gasteiger charge is -2.39. The largest absolute Gasteiger partial charge is 0.396 e. The van der Waals surface area contributed by atoms with Gasteiger partial charge >= 0.3 is 0 Å². The standard InChI is InChI=1S/C16H36N2O/c1-6-10-17-13-16(7-2,8-3)14-18(15(4)5)11-9-12-19/h15,17,19H,6-14H2,1-5H3. The van der Waals surface area contributed by atoms with Crippen LogP contribution in [0.3, 0.4) is 0 Å². The monoisotopic (exact) mass is 272 g/mol. The minimum Gasteiger partial charge on any atom is -0.396 e. The molecular weight excluding hydrogens is 236 g/mol. The van der Waals surface area contributed by atoms with E-state index < -0.39 is 0 Å². The zero-order valence-corrected chi connectivity index (χ0v) is 13.8. The molecule has 116 valence electrons. The first-order valence-corrected chi connectivity index (χ1v) is 8.10. The van der Waals surface area contributed by atoms with E-state index in [1.54, 1.807) is 0 Å². The highest BCUT2D eigenvalue weighted by molar-refractivity contribution is 4.84. The Morgan fingerprint density at radius 1 is 1.16 bits per heavy atom. The molecule has 0 atom stereocenters. The lowest BCUT2D eigenvalue weighted by atomic mass is 9.81. The molecule has 0 aliphatic carbocycles. The van der Waals surface area contributed by atoms with Gasteiger partial charge in [0.05, 0.1) is 0 Å². The summed E-state index contributed by atoms with van der Waals surface area (Å²) in [6, 6.07) is 0.551. The Morgan fingerprint density at radius 2 is 1.79 bits per heavy atom. The van der Waals surface area contributed by atoms with E-state index >= 15 is 0 Å². The van der Waals surface area contributed by atoms with E-state index in [0.717, 1.165) is 32.6 Å². The van der Waals surface area contributed by atoms with Crippen molar-refractivity contribution in [2.24, 2.45) is 5.41 Å². The van der Waals surface area contributed by atoms with Gasteiger partial charge in [0.15, 0.2) is 0 Å². The van der Waals surface area contributed by atoms with Gasteiger partial charge in [0, 0.05) is 32.3 Å². The zero-order chi connectivity index (χ0) is 14.7. The summed E-state index contributed by atoms with van der Waals surface area (Å²) in [5.41, 5.74) is 0.370. The quantitative estimate of drug-likeness (QED) is 0.536. The third-order valence-corrected chi connectivity index (χ3v) is 4.30. The van der Waals surface area contributed by atoms with Gasteiger partial charge in [0.25, 0.3) is 0 Å². The van der Waals surface area contributed by atoms with Crippen LogP contribution in [-0.2, 0) is 0 Å². The van der Waals surface area contributed by atoms with Crippen LogP contribution in [0, 0.1) is 5.41 Å². The molecule has 0 aromatic heterocycles. The maximum Gasteiger partial charge on any atom is 0.0443 e. The van der Waals surface area contributed by atoms with Gasteiger partial charge in [-0.3, -0.25) is 0 Å². The smallest absolute Gasteiger partial charge is 0.0443 e. The predicted octanol–water partition coefficient (Wildman–Crippen LogP) is 2.89. The fourth-order valence-electron chi connectivity index (χ4n) is 2.53. The van der Waals surface area contributed by atoms with Crippen LogP contribution in [0.25, 0.3) is 0 Å². The van der Waals surface area contributed by atoms with Crippen molar-refractivity contribution in [2.45, 2.75) is 66.3 Å². The minimum absolute atomic E-state index is 0.294. The first-order chi connectivity index (χ1) is 9.05. The Bertz CT molecular complexity index is 203. The maximum absolute atomic E-state index is 9.04. The molecule has 3 heteroatoms. The first-order valence-electron chi connectivity index (χ1n) is 8.10. The van der Waals surface area contributed by atoms with E-state index in [1.807, 2.05) is 0 Å². The highest BCUT2D eigenvalue weighted by atomic mass is 16.3. The van der Waals surface area contributed by atoms with E-state index in [0.29, 0.717) is 18.1 Å². The molecule has 0 aliphatic heterocycles. The van der Waals surface area contributed by atoms with Gasteiger partial charge in [-0.25, -0.2) is 0 Å². The van der Waals surface area contributed by atoms with Crippen LogP contribution in [0.4, 0.5) is 0 Å². The molecule has 0 fully saturated rings. The van der Waals surface area contributed by atoms with Gasteiger partial charge < -0.3 is 15.3 Å². The second kappa shape index (κ2) is 10.6. The predicted molar refractivity (Wildman–Crippen MR) is 84.6 cm³/mol. The molecule has 0 aromatic rings. The van der Waals surface area contributed by atoms with Crippen LogP contribution in [0.2, 0.25) is 0 Å². The number of hydrogen-bond acceptors (Lipinski definition) is 3. The fraction of sp³-hybridized carbons (Fsp3) is 1.00. The normalized spacial score (nSPS) is 12.6. The van der Waals surface area contributed by atoms with Crippen LogP contribution in [-0.4, -0.2) is 48.8 Å². The Kier molecular flexibility index (Phi) is 10.6. The van der Waals surface area contributed by atoms with Crippen LogP contribution in [0.5, 0.6) is 0 Å². The first kappa shape index (κ1) is 18.9. The lowest BCUT2D eigenvalue weighted by molar-refractivity contribution is 0.102. The van der Waals surface area contributed by atoms with Gasteiger partial charge in [0.2, 0.25) is 0 Å². The Balaban J connectivity index is 4.56. The van der Waals surface area contributed by atoms with Crippen molar-refractivity contribution < 1.29 is 5.11 Å². The zero-order valence-electron chi connectivity index (χ0n) is 13.8. The SMILES string of the molecule is CCCNCC(CC)(CC)CN(CCCO)C(C)C. The van der Waals surface area contributed by atoms with Crippen LogP contribution in [0.15, 0.2) is 0 Å². The molecule has 3 nitrogen and oxygen atoms in total. The molecule has 19 heavy (non-hydrogen) atoms. The summed E-state index contributed by atoms with van der Waals surface area (Å²) in [6.45, 7) is 16.0. The van der Waals surface area contributed by atoms with Crippen molar-refractivity contribution in [3.63, 3.8) is 0 Å². The molecular formula is C16H36N2O. The maximum atomic E-state index is 9.04. The number of aliphatic hydroxyl groups excluding tert-OH is 1. The molecule has 0 aliphatic rings. The summed E-state index contributed by atoms with van der Waals surface area (Å²) in [5.74, 6) is 0. The topological polar surface area (TPSA) is 35.5 Å². The second-order valence-corrected chi connectivity index (χ2v) is 6.03. The van der Waals surface area contributed by atoms with Crippen molar-refractivity contribution in [1.29, 1.82) is 0 Å². The molecule has 0 amide bonds. The van der Waals surface area contributed by atoms with Crippen LogP contribution in [0.1, 0.15) is 60.3 Å². The summed E-state index contributed by atoms with van der Waals surface area (Å²) in [6.07, 6.45) is 4.50. The molecule has 0 spiro atoms. The van der Waals surface area contributed by atoms with Gasteiger partial charge in [0.1, 0.15) is 0 Å². The third kappa shape index (κ3) is 7.28. The van der Waals surface area contributed by atoms with E-state index in [1.165, 1.54) is 19.3 Å². The molecule has 2 N–H and O–H groups in total. The highest BCUT2D eigenvalue weighted by Crippen LogP contribution is 2.27. The molecule has 0 bridgehead atoms. The summed E-state index contributed by atoms with van der Waals surface area (Å²) in [5, 5.41) is 12.6. The fourth-order valence-corrected chi connectivity index (χ4v) is 2.53. The van der Waals surface area contributed by atoms with Crippen molar-refractivity contribution >= 4 is 0 Å². The second-order valence-electron chi connectivity index (χ2n) is 6.03. The Hall–Kier alpha value is -0.120. The summed E-state index contributed by atoms with van der Waals surface area (Å²) >= 11 is 0. The molecule has 0 radical (unpaired) electrons. The lowest BCUT2D eigenvalue weighted by Crippen LogP contribution is -2.46. The number of rotatable bonds is 12. The Morgan fingerprint density at radius 3 is 2.21 bits per heavy atom. The highest BCUT2D eigenvalue weighted by Gasteiger charge is 2.29. The van der Waals surface area contributed by atoms with Crippen molar-refractivity contribution in [2.75, 3.05) is 32.8 Å². The van der Waals surface area contributed by atoms with E-state index in [-0.39, 0.29) is 0 Å². The summed E-state index contributed by atoms with van der Waals surface area (Å²) in [4.78, 5) is 2.52. The van der Waals surface area contributed by atoms with E-state index in [9.17, 15) is 0 Å². The Labute approximate surface area is 120 Å².